The monoisotopic (exact) mass is 343 g/mol. The zero-order valence-electron chi connectivity index (χ0n) is 13.6. The van der Waals surface area contributed by atoms with Crippen molar-refractivity contribution in [3.63, 3.8) is 0 Å². The number of carbonyl (C=O) groups is 2. The Balaban J connectivity index is 1.51. The summed E-state index contributed by atoms with van der Waals surface area (Å²) in [6, 6.07) is 7.50. The number of likely N-dealkylation sites (tertiary alicyclic amines) is 1. The van der Waals surface area contributed by atoms with E-state index >= 15 is 0 Å². The summed E-state index contributed by atoms with van der Waals surface area (Å²) in [6.45, 7) is 3.23. The van der Waals surface area contributed by atoms with Crippen LogP contribution in [0.25, 0.3) is 0 Å². The minimum Gasteiger partial charge on any atom is -0.349 e. The van der Waals surface area contributed by atoms with Gasteiger partial charge in [0.1, 0.15) is 0 Å². The number of piperidine rings is 1. The first-order chi connectivity index (χ1) is 11.6. The summed E-state index contributed by atoms with van der Waals surface area (Å²) < 4.78 is 0. The Labute approximate surface area is 145 Å². The zero-order valence-corrected chi connectivity index (χ0v) is 14.5. The van der Waals surface area contributed by atoms with Crippen LogP contribution in [0.1, 0.15) is 41.0 Å². The summed E-state index contributed by atoms with van der Waals surface area (Å²) in [4.78, 5) is 31.5. The number of nitrogens with zero attached hydrogens (tertiary/aromatic N) is 2. The van der Waals surface area contributed by atoms with Crippen LogP contribution in [0.3, 0.4) is 0 Å². The van der Waals surface area contributed by atoms with Crippen molar-refractivity contribution in [2.24, 2.45) is 5.92 Å². The van der Waals surface area contributed by atoms with Gasteiger partial charge < -0.3 is 10.2 Å². The fourth-order valence-electron chi connectivity index (χ4n) is 2.95. The molecule has 1 saturated heterocycles. The molecule has 0 spiro atoms. The molecule has 2 aromatic heterocycles. The summed E-state index contributed by atoms with van der Waals surface area (Å²) in [6.07, 6.45) is 4.91. The van der Waals surface area contributed by atoms with Gasteiger partial charge in [-0.25, -0.2) is 0 Å². The first-order valence-corrected chi connectivity index (χ1v) is 9.06. The van der Waals surface area contributed by atoms with E-state index in [-0.39, 0.29) is 23.8 Å². The molecule has 0 saturated carbocycles. The molecule has 0 bridgehead atoms. The number of thiophene rings is 1. The van der Waals surface area contributed by atoms with E-state index in [0.29, 0.717) is 25.9 Å². The molecule has 1 atom stereocenters. The predicted molar refractivity (Wildman–Crippen MR) is 93.7 cm³/mol. The van der Waals surface area contributed by atoms with Crippen LogP contribution in [0.2, 0.25) is 0 Å². The highest BCUT2D eigenvalue weighted by molar-refractivity contribution is 7.12. The number of amides is 2. The number of hydrogen-bond acceptors (Lipinski definition) is 4. The molecular weight excluding hydrogens is 322 g/mol. The molecule has 3 heterocycles. The van der Waals surface area contributed by atoms with Gasteiger partial charge in [-0.3, -0.25) is 14.6 Å². The molecule has 1 N–H and O–H groups in total. The number of aromatic nitrogens is 1. The Morgan fingerprint density at radius 3 is 2.71 bits per heavy atom. The lowest BCUT2D eigenvalue weighted by Crippen LogP contribution is -2.43. The van der Waals surface area contributed by atoms with Crippen molar-refractivity contribution in [3.05, 3.63) is 52.5 Å². The van der Waals surface area contributed by atoms with Gasteiger partial charge in [0, 0.05) is 31.4 Å². The molecule has 1 aliphatic heterocycles. The third kappa shape index (κ3) is 3.82. The number of pyridine rings is 1. The third-order valence-corrected chi connectivity index (χ3v) is 5.29. The van der Waals surface area contributed by atoms with E-state index in [1.807, 2.05) is 41.5 Å². The fourth-order valence-corrected chi connectivity index (χ4v) is 3.64. The Hall–Kier alpha value is -2.21. The molecule has 1 unspecified atom stereocenters. The minimum absolute atomic E-state index is 0.0310. The van der Waals surface area contributed by atoms with Gasteiger partial charge in [0.15, 0.2) is 0 Å². The van der Waals surface area contributed by atoms with Crippen LogP contribution in [-0.4, -0.2) is 34.8 Å². The van der Waals surface area contributed by atoms with E-state index in [0.717, 1.165) is 10.4 Å². The van der Waals surface area contributed by atoms with E-state index in [9.17, 15) is 9.59 Å². The highest BCUT2D eigenvalue weighted by Gasteiger charge is 2.28. The van der Waals surface area contributed by atoms with Crippen LogP contribution in [0.4, 0.5) is 0 Å². The number of rotatable bonds is 4. The van der Waals surface area contributed by atoms with Crippen molar-refractivity contribution in [2.45, 2.75) is 25.8 Å². The molecule has 24 heavy (non-hydrogen) atoms. The van der Waals surface area contributed by atoms with Crippen molar-refractivity contribution in [1.82, 2.24) is 15.2 Å². The van der Waals surface area contributed by atoms with Gasteiger partial charge in [-0.05, 0) is 42.8 Å². The van der Waals surface area contributed by atoms with E-state index < -0.39 is 0 Å². The number of nitrogens with one attached hydrogen (secondary N) is 1. The molecule has 126 valence electrons. The van der Waals surface area contributed by atoms with Gasteiger partial charge >= 0.3 is 0 Å². The van der Waals surface area contributed by atoms with Gasteiger partial charge in [0.25, 0.3) is 5.91 Å². The second kappa shape index (κ2) is 7.57. The zero-order chi connectivity index (χ0) is 16.9. The predicted octanol–water partition coefficient (Wildman–Crippen LogP) is 2.87. The maximum atomic E-state index is 12.5. The average Bonchev–Trinajstić information content (AvgIpc) is 3.16. The largest absolute Gasteiger partial charge is 0.349 e. The topological polar surface area (TPSA) is 62.3 Å². The lowest BCUT2D eigenvalue weighted by Gasteiger charge is -2.31. The normalized spacial score (nSPS) is 16.6. The van der Waals surface area contributed by atoms with Gasteiger partial charge in [0.2, 0.25) is 5.91 Å². The lowest BCUT2D eigenvalue weighted by molar-refractivity contribution is -0.126. The smallest absolute Gasteiger partial charge is 0.263 e. The second-order valence-electron chi connectivity index (χ2n) is 6.06. The first-order valence-electron chi connectivity index (χ1n) is 8.18. The van der Waals surface area contributed by atoms with Crippen LogP contribution >= 0.6 is 11.3 Å². The standard InChI is InChI=1S/C18H21N3O2S/c1-13(15-4-2-8-19-12-15)20-17(22)14-6-9-21(10-7-14)18(23)16-5-3-11-24-16/h2-5,8,11-14H,6-7,9-10H2,1H3,(H,20,22). The van der Waals surface area contributed by atoms with Gasteiger partial charge in [-0.15, -0.1) is 11.3 Å². The van der Waals surface area contributed by atoms with Crippen molar-refractivity contribution in [1.29, 1.82) is 0 Å². The Kier molecular flexibility index (Phi) is 5.25. The van der Waals surface area contributed by atoms with Crippen LogP contribution in [0.15, 0.2) is 42.0 Å². The fraction of sp³-hybridized carbons (Fsp3) is 0.389. The molecular formula is C18H21N3O2S. The molecule has 0 aliphatic carbocycles. The maximum Gasteiger partial charge on any atom is 0.263 e. The van der Waals surface area contributed by atoms with Crippen molar-refractivity contribution >= 4 is 23.2 Å². The Morgan fingerprint density at radius 2 is 2.08 bits per heavy atom. The molecule has 5 nitrogen and oxygen atoms in total. The van der Waals surface area contributed by atoms with E-state index in [1.165, 1.54) is 11.3 Å². The molecule has 1 aliphatic rings. The maximum absolute atomic E-state index is 12.5. The van der Waals surface area contributed by atoms with Gasteiger partial charge in [-0.2, -0.15) is 0 Å². The van der Waals surface area contributed by atoms with E-state index in [4.69, 9.17) is 0 Å². The van der Waals surface area contributed by atoms with Crippen LogP contribution in [0.5, 0.6) is 0 Å². The summed E-state index contributed by atoms with van der Waals surface area (Å²) in [5.41, 5.74) is 0.996. The highest BCUT2D eigenvalue weighted by atomic mass is 32.1. The number of carbonyl (C=O) groups excluding carboxylic acids is 2. The quantitative estimate of drug-likeness (QED) is 0.928. The molecule has 1 fully saturated rings. The Morgan fingerprint density at radius 1 is 1.29 bits per heavy atom. The number of hydrogen-bond donors (Lipinski definition) is 1. The molecule has 0 aromatic carbocycles. The third-order valence-electron chi connectivity index (χ3n) is 4.43. The summed E-state index contributed by atoms with van der Waals surface area (Å²) in [5, 5.41) is 4.97. The molecule has 2 aromatic rings. The highest BCUT2D eigenvalue weighted by Crippen LogP contribution is 2.22. The van der Waals surface area contributed by atoms with E-state index in [2.05, 4.69) is 10.3 Å². The summed E-state index contributed by atoms with van der Waals surface area (Å²) in [5.74, 6) is 0.110. The molecule has 3 rings (SSSR count). The summed E-state index contributed by atoms with van der Waals surface area (Å²) >= 11 is 1.46. The van der Waals surface area contributed by atoms with Crippen molar-refractivity contribution < 1.29 is 9.59 Å². The lowest BCUT2D eigenvalue weighted by atomic mass is 9.95. The van der Waals surface area contributed by atoms with Crippen molar-refractivity contribution in [2.75, 3.05) is 13.1 Å². The first kappa shape index (κ1) is 16.6. The van der Waals surface area contributed by atoms with Crippen LogP contribution < -0.4 is 5.32 Å². The van der Waals surface area contributed by atoms with E-state index in [1.54, 1.807) is 12.4 Å². The van der Waals surface area contributed by atoms with Gasteiger partial charge in [0.05, 0.1) is 10.9 Å². The van der Waals surface area contributed by atoms with Gasteiger partial charge in [-0.1, -0.05) is 12.1 Å². The van der Waals surface area contributed by atoms with Crippen LogP contribution in [0, 0.1) is 5.92 Å². The Bertz CT molecular complexity index is 680. The minimum atomic E-state index is -0.0584. The second-order valence-corrected chi connectivity index (χ2v) is 7.01. The SMILES string of the molecule is CC(NC(=O)C1CCN(C(=O)c2cccs2)CC1)c1cccnc1. The molecule has 0 radical (unpaired) electrons. The molecule has 6 heteroatoms. The average molecular weight is 343 g/mol. The van der Waals surface area contributed by atoms with Crippen LogP contribution in [-0.2, 0) is 4.79 Å². The molecule has 2 amide bonds. The summed E-state index contributed by atoms with van der Waals surface area (Å²) in [7, 11) is 0. The van der Waals surface area contributed by atoms with Crippen molar-refractivity contribution in [3.8, 4) is 0 Å².